The van der Waals surface area contributed by atoms with E-state index in [9.17, 15) is 0 Å². The van der Waals surface area contributed by atoms with Crippen LogP contribution in [-0.4, -0.2) is 16.9 Å². The van der Waals surface area contributed by atoms with E-state index in [1.807, 2.05) is 22.9 Å². The Hall–Kier alpha value is -1.55. The van der Waals surface area contributed by atoms with Crippen LogP contribution >= 0.6 is 0 Å². The lowest BCUT2D eigenvalue weighted by molar-refractivity contribution is 0.419. The van der Waals surface area contributed by atoms with Gasteiger partial charge < -0.3 is 10.5 Å². The minimum absolute atomic E-state index is 0.302. The van der Waals surface area contributed by atoms with E-state index in [1.54, 1.807) is 7.11 Å². The third kappa shape index (κ3) is 1.55. The SMILES string of the molecule is COc1cccc2nn(C(C)C)c(CN)c12. The molecule has 0 aliphatic heterocycles. The second-order valence-electron chi connectivity index (χ2n) is 4.04. The molecule has 0 amide bonds. The number of hydrogen-bond acceptors (Lipinski definition) is 3. The number of methoxy groups -OCH3 is 1. The fourth-order valence-electron chi connectivity index (χ4n) is 1.98. The van der Waals surface area contributed by atoms with Gasteiger partial charge in [0, 0.05) is 12.6 Å². The molecule has 2 rings (SSSR count). The van der Waals surface area contributed by atoms with Crippen LogP contribution in [0.5, 0.6) is 5.75 Å². The maximum Gasteiger partial charge on any atom is 0.130 e. The number of nitrogens with zero attached hydrogens (tertiary/aromatic N) is 2. The van der Waals surface area contributed by atoms with Crippen LogP contribution in [-0.2, 0) is 6.54 Å². The van der Waals surface area contributed by atoms with Crippen LogP contribution in [0.15, 0.2) is 18.2 Å². The Balaban J connectivity index is 2.78. The van der Waals surface area contributed by atoms with Crippen LogP contribution in [0.4, 0.5) is 0 Å². The molecule has 0 spiro atoms. The van der Waals surface area contributed by atoms with Crippen LogP contribution in [0, 0.1) is 0 Å². The molecule has 0 radical (unpaired) electrons. The summed E-state index contributed by atoms with van der Waals surface area (Å²) in [5, 5.41) is 5.58. The number of ether oxygens (including phenoxy) is 1. The predicted molar refractivity (Wildman–Crippen MR) is 64.6 cm³/mol. The minimum atomic E-state index is 0.302. The number of aromatic nitrogens is 2. The molecule has 1 aromatic heterocycles. The summed E-state index contributed by atoms with van der Waals surface area (Å²) in [6.07, 6.45) is 0. The normalized spacial score (nSPS) is 11.3. The molecule has 1 aromatic carbocycles. The lowest BCUT2D eigenvalue weighted by Gasteiger charge is -2.09. The number of fused-ring (bicyclic) bond motifs is 1. The van der Waals surface area contributed by atoms with E-state index in [-0.39, 0.29) is 0 Å². The lowest BCUT2D eigenvalue weighted by Crippen LogP contribution is -2.11. The highest BCUT2D eigenvalue weighted by molar-refractivity contribution is 5.88. The fraction of sp³-hybridized carbons (Fsp3) is 0.417. The highest BCUT2D eigenvalue weighted by Gasteiger charge is 2.15. The Labute approximate surface area is 95.0 Å². The van der Waals surface area contributed by atoms with Gasteiger partial charge in [0.25, 0.3) is 0 Å². The van der Waals surface area contributed by atoms with E-state index in [1.165, 1.54) is 0 Å². The average molecular weight is 219 g/mol. The number of benzene rings is 1. The molecule has 0 saturated heterocycles. The molecule has 0 bridgehead atoms. The summed E-state index contributed by atoms with van der Waals surface area (Å²) in [6, 6.07) is 6.17. The standard InChI is InChI=1S/C12H17N3O/c1-8(2)15-10(7-13)12-9(14-15)5-4-6-11(12)16-3/h4-6,8H,7,13H2,1-3H3. The van der Waals surface area contributed by atoms with Crippen molar-refractivity contribution in [2.45, 2.75) is 26.4 Å². The van der Waals surface area contributed by atoms with Gasteiger partial charge in [0.05, 0.1) is 23.7 Å². The first-order valence-corrected chi connectivity index (χ1v) is 5.43. The monoisotopic (exact) mass is 219 g/mol. The molecular formula is C12H17N3O. The van der Waals surface area contributed by atoms with Gasteiger partial charge in [-0.1, -0.05) is 6.07 Å². The molecule has 16 heavy (non-hydrogen) atoms. The zero-order chi connectivity index (χ0) is 11.7. The first-order valence-electron chi connectivity index (χ1n) is 5.43. The molecule has 2 aromatic rings. The number of rotatable bonds is 3. The summed E-state index contributed by atoms with van der Waals surface area (Å²) in [5.41, 5.74) is 7.77. The first-order chi connectivity index (χ1) is 7.69. The van der Waals surface area contributed by atoms with Gasteiger partial charge in [0.1, 0.15) is 5.75 Å². The van der Waals surface area contributed by atoms with Crippen molar-refractivity contribution in [1.29, 1.82) is 0 Å². The fourth-order valence-corrected chi connectivity index (χ4v) is 1.98. The van der Waals surface area contributed by atoms with Crippen molar-refractivity contribution in [1.82, 2.24) is 9.78 Å². The second-order valence-corrected chi connectivity index (χ2v) is 4.04. The molecule has 4 heteroatoms. The maximum absolute atomic E-state index is 5.81. The van der Waals surface area contributed by atoms with Crippen LogP contribution in [0.2, 0.25) is 0 Å². The van der Waals surface area contributed by atoms with Gasteiger partial charge >= 0.3 is 0 Å². The smallest absolute Gasteiger partial charge is 0.130 e. The van der Waals surface area contributed by atoms with E-state index < -0.39 is 0 Å². The zero-order valence-electron chi connectivity index (χ0n) is 9.90. The maximum atomic E-state index is 5.81. The molecule has 2 N–H and O–H groups in total. The summed E-state index contributed by atoms with van der Waals surface area (Å²) in [4.78, 5) is 0. The van der Waals surface area contributed by atoms with Crippen molar-refractivity contribution in [3.05, 3.63) is 23.9 Å². The molecule has 0 fully saturated rings. The summed E-state index contributed by atoms with van der Waals surface area (Å²) in [6.45, 7) is 4.66. The van der Waals surface area contributed by atoms with E-state index >= 15 is 0 Å². The summed E-state index contributed by atoms with van der Waals surface area (Å²) in [7, 11) is 1.67. The Kier molecular flexibility index (Phi) is 2.83. The minimum Gasteiger partial charge on any atom is -0.496 e. The highest BCUT2D eigenvalue weighted by atomic mass is 16.5. The van der Waals surface area contributed by atoms with Gasteiger partial charge in [-0.15, -0.1) is 0 Å². The van der Waals surface area contributed by atoms with Gasteiger partial charge in [-0.3, -0.25) is 4.68 Å². The van der Waals surface area contributed by atoms with E-state index in [0.717, 1.165) is 22.3 Å². The van der Waals surface area contributed by atoms with Gasteiger partial charge in [0.2, 0.25) is 0 Å². The van der Waals surface area contributed by atoms with Crippen molar-refractivity contribution >= 4 is 10.9 Å². The highest BCUT2D eigenvalue weighted by Crippen LogP contribution is 2.29. The quantitative estimate of drug-likeness (QED) is 0.860. The van der Waals surface area contributed by atoms with Crippen LogP contribution in [0.1, 0.15) is 25.6 Å². The summed E-state index contributed by atoms with van der Waals surface area (Å²) in [5.74, 6) is 0.838. The Morgan fingerprint density at radius 1 is 1.44 bits per heavy atom. The Morgan fingerprint density at radius 3 is 2.75 bits per heavy atom. The number of hydrogen-bond donors (Lipinski definition) is 1. The molecular weight excluding hydrogens is 202 g/mol. The van der Waals surface area contributed by atoms with Crippen molar-refractivity contribution in [3.63, 3.8) is 0 Å². The van der Waals surface area contributed by atoms with Crippen molar-refractivity contribution in [2.75, 3.05) is 7.11 Å². The third-order valence-electron chi connectivity index (χ3n) is 2.69. The van der Waals surface area contributed by atoms with Gasteiger partial charge in [0.15, 0.2) is 0 Å². The average Bonchev–Trinajstić information content (AvgIpc) is 2.67. The van der Waals surface area contributed by atoms with E-state index in [2.05, 4.69) is 18.9 Å². The molecule has 0 atom stereocenters. The van der Waals surface area contributed by atoms with Crippen molar-refractivity contribution in [2.24, 2.45) is 5.73 Å². The van der Waals surface area contributed by atoms with Gasteiger partial charge in [-0.2, -0.15) is 5.10 Å². The summed E-state index contributed by atoms with van der Waals surface area (Å²) < 4.78 is 7.32. The first kappa shape index (κ1) is 11.0. The largest absolute Gasteiger partial charge is 0.496 e. The summed E-state index contributed by atoms with van der Waals surface area (Å²) >= 11 is 0. The second kappa shape index (κ2) is 4.14. The zero-order valence-corrected chi connectivity index (χ0v) is 9.90. The lowest BCUT2D eigenvalue weighted by atomic mass is 10.2. The van der Waals surface area contributed by atoms with E-state index in [0.29, 0.717) is 12.6 Å². The number of nitrogens with two attached hydrogens (primary N) is 1. The van der Waals surface area contributed by atoms with Crippen molar-refractivity contribution < 1.29 is 4.74 Å². The van der Waals surface area contributed by atoms with Crippen molar-refractivity contribution in [3.8, 4) is 5.75 Å². The molecule has 0 aliphatic carbocycles. The molecule has 4 nitrogen and oxygen atoms in total. The predicted octanol–water partition coefficient (Wildman–Crippen LogP) is 2.08. The van der Waals surface area contributed by atoms with Gasteiger partial charge in [-0.25, -0.2) is 0 Å². The van der Waals surface area contributed by atoms with Crippen LogP contribution < -0.4 is 10.5 Å². The Morgan fingerprint density at radius 2 is 2.19 bits per heavy atom. The molecule has 0 aliphatic rings. The Bertz CT molecular complexity index is 502. The van der Waals surface area contributed by atoms with Crippen LogP contribution in [0.25, 0.3) is 10.9 Å². The van der Waals surface area contributed by atoms with Crippen LogP contribution in [0.3, 0.4) is 0 Å². The molecule has 0 unspecified atom stereocenters. The molecule has 0 saturated carbocycles. The topological polar surface area (TPSA) is 53.1 Å². The molecule has 1 heterocycles. The van der Waals surface area contributed by atoms with Gasteiger partial charge in [-0.05, 0) is 26.0 Å². The third-order valence-corrected chi connectivity index (χ3v) is 2.69. The van der Waals surface area contributed by atoms with E-state index in [4.69, 9.17) is 10.5 Å². The molecule has 86 valence electrons.